The molecular weight excluding hydrogens is 138 g/mol. The van der Waals surface area contributed by atoms with Crippen LogP contribution in [0.2, 0.25) is 0 Å². The molecule has 62 valence electrons. The first-order valence-electron chi connectivity index (χ1n) is 4.03. The zero-order chi connectivity index (χ0) is 7.94. The van der Waals surface area contributed by atoms with Crippen LogP contribution in [0.25, 0.3) is 0 Å². The van der Waals surface area contributed by atoms with Gasteiger partial charge >= 0.3 is 0 Å². The highest BCUT2D eigenvalue weighted by molar-refractivity contribution is 4.88. The number of morpholine rings is 1. The van der Waals surface area contributed by atoms with Gasteiger partial charge in [-0.2, -0.15) is 0 Å². The lowest BCUT2D eigenvalue weighted by Crippen LogP contribution is -2.31. The van der Waals surface area contributed by atoms with Crippen LogP contribution in [0.1, 0.15) is 6.42 Å². The van der Waals surface area contributed by atoms with Crippen molar-refractivity contribution in [2.45, 2.75) is 6.42 Å². The smallest absolute Gasteiger partial charge is 0.0642 e. The van der Waals surface area contributed by atoms with Gasteiger partial charge in [0.25, 0.3) is 0 Å². The summed E-state index contributed by atoms with van der Waals surface area (Å²) < 4.78 is 5.21. The van der Waals surface area contributed by atoms with Gasteiger partial charge in [0, 0.05) is 13.1 Å². The summed E-state index contributed by atoms with van der Waals surface area (Å²) in [7, 11) is 0. The Morgan fingerprint density at radius 2 is 2.09 bits per heavy atom. The molecule has 0 aromatic carbocycles. The lowest BCUT2D eigenvalue weighted by atomic mass is 10.4. The van der Waals surface area contributed by atoms with Crippen LogP contribution in [0.4, 0.5) is 0 Å². The van der Waals surface area contributed by atoms with E-state index in [1.807, 2.05) is 6.08 Å². The van der Waals surface area contributed by atoms with Crippen molar-refractivity contribution in [3.63, 3.8) is 0 Å². The fraction of sp³-hybridized carbons (Fsp3) is 0.556. The van der Waals surface area contributed by atoms with Crippen molar-refractivity contribution in [2.24, 2.45) is 0 Å². The Morgan fingerprint density at radius 3 is 2.73 bits per heavy atom. The van der Waals surface area contributed by atoms with Crippen molar-refractivity contribution in [2.75, 3.05) is 26.3 Å². The molecule has 1 heterocycles. The number of hydrogen-bond acceptors (Lipinski definition) is 2. The largest absolute Gasteiger partial charge is 0.378 e. The first-order valence-corrected chi connectivity index (χ1v) is 4.03. The van der Waals surface area contributed by atoms with Crippen LogP contribution in [0, 0.1) is 0 Å². The van der Waals surface area contributed by atoms with Crippen LogP contribution in [-0.2, 0) is 4.74 Å². The van der Waals surface area contributed by atoms with Gasteiger partial charge in [0.2, 0.25) is 0 Å². The van der Waals surface area contributed by atoms with Crippen molar-refractivity contribution in [1.82, 2.24) is 4.90 Å². The number of ether oxygens (including phenoxy) is 1. The summed E-state index contributed by atoms with van der Waals surface area (Å²) in [4.78, 5) is 2.27. The fourth-order valence-corrected chi connectivity index (χ4v) is 1.03. The lowest BCUT2D eigenvalue weighted by Gasteiger charge is -2.24. The van der Waals surface area contributed by atoms with Gasteiger partial charge in [0.15, 0.2) is 0 Å². The molecule has 0 spiro atoms. The van der Waals surface area contributed by atoms with E-state index < -0.39 is 0 Å². The minimum Gasteiger partial charge on any atom is -0.378 e. The van der Waals surface area contributed by atoms with Gasteiger partial charge in [-0.1, -0.05) is 12.2 Å². The zero-order valence-electron chi connectivity index (χ0n) is 6.83. The van der Waals surface area contributed by atoms with Crippen molar-refractivity contribution < 1.29 is 4.74 Å². The number of hydrogen-bond donors (Lipinski definition) is 0. The molecule has 1 aliphatic heterocycles. The van der Waals surface area contributed by atoms with E-state index in [1.165, 1.54) is 0 Å². The van der Waals surface area contributed by atoms with Gasteiger partial charge in [-0.15, -0.1) is 6.58 Å². The van der Waals surface area contributed by atoms with Crippen LogP contribution in [0.3, 0.4) is 0 Å². The molecule has 0 saturated carbocycles. The summed E-state index contributed by atoms with van der Waals surface area (Å²) in [6, 6.07) is 0. The van der Waals surface area contributed by atoms with Gasteiger partial charge in [-0.25, -0.2) is 0 Å². The zero-order valence-corrected chi connectivity index (χ0v) is 6.83. The second-order valence-corrected chi connectivity index (χ2v) is 2.56. The number of allylic oxidation sites excluding steroid dienone is 2. The van der Waals surface area contributed by atoms with Crippen LogP contribution >= 0.6 is 0 Å². The molecule has 0 aromatic heterocycles. The third-order valence-corrected chi connectivity index (χ3v) is 1.66. The highest BCUT2D eigenvalue weighted by atomic mass is 16.5. The molecule has 0 aliphatic carbocycles. The van der Waals surface area contributed by atoms with E-state index in [0.717, 1.165) is 32.7 Å². The van der Waals surface area contributed by atoms with E-state index in [0.29, 0.717) is 0 Å². The van der Waals surface area contributed by atoms with Crippen LogP contribution in [-0.4, -0.2) is 31.2 Å². The summed E-state index contributed by atoms with van der Waals surface area (Å²) in [6.07, 6.45) is 7.11. The van der Waals surface area contributed by atoms with Gasteiger partial charge in [-0.3, -0.25) is 0 Å². The average molecular weight is 153 g/mol. The van der Waals surface area contributed by atoms with E-state index in [2.05, 4.69) is 23.8 Å². The van der Waals surface area contributed by atoms with Gasteiger partial charge < -0.3 is 9.64 Å². The van der Waals surface area contributed by atoms with Gasteiger partial charge in [0.1, 0.15) is 0 Å². The molecule has 1 saturated heterocycles. The SMILES string of the molecule is C=CCC=CN1CCOCC1. The quantitative estimate of drug-likeness (QED) is 0.568. The Hall–Kier alpha value is -0.760. The molecule has 0 aromatic rings. The Balaban J connectivity index is 2.18. The molecule has 0 bridgehead atoms. The van der Waals surface area contributed by atoms with Crippen LogP contribution in [0.15, 0.2) is 24.9 Å². The van der Waals surface area contributed by atoms with E-state index in [4.69, 9.17) is 4.74 Å². The standard InChI is InChI=1S/C9H15NO/c1-2-3-4-5-10-6-8-11-9-7-10/h2,4-5H,1,3,6-9H2. The first kappa shape index (κ1) is 8.34. The molecule has 11 heavy (non-hydrogen) atoms. The van der Waals surface area contributed by atoms with E-state index in [1.54, 1.807) is 0 Å². The van der Waals surface area contributed by atoms with Crippen molar-refractivity contribution in [3.8, 4) is 0 Å². The summed E-state index contributed by atoms with van der Waals surface area (Å²) in [5.41, 5.74) is 0. The third kappa shape index (κ3) is 3.23. The second kappa shape index (κ2) is 4.97. The third-order valence-electron chi connectivity index (χ3n) is 1.66. The number of rotatable bonds is 3. The molecule has 0 N–H and O–H groups in total. The maximum atomic E-state index is 5.21. The van der Waals surface area contributed by atoms with Gasteiger partial charge in [-0.05, 0) is 12.6 Å². The van der Waals surface area contributed by atoms with E-state index >= 15 is 0 Å². The Bertz CT molecular complexity index is 136. The van der Waals surface area contributed by atoms with E-state index in [9.17, 15) is 0 Å². The minimum atomic E-state index is 0.860. The second-order valence-electron chi connectivity index (χ2n) is 2.56. The highest BCUT2D eigenvalue weighted by Gasteiger charge is 2.03. The topological polar surface area (TPSA) is 12.5 Å². The minimum absolute atomic E-state index is 0.860. The Labute approximate surface area is 68.1 Å². The molecular formula is C9H15NO. The van der Waals surface area contributed by atoms with Crippen LogP contribution < -0.4 is 0 Å². The fourth-order valence-electron chi connectivity index (χ4n) is 1.03. The van der Waals surface area contributed by atoms with Crippen molar-refractivity contribution >= 4 is 0 Å². The molecule has 0 unspecified atom stereocenters. The lowest BCUT2D eigenvalue weighted by molar-refractivity contribution is 0.0593. The summed E-state index contributed by atoms with van der Waals surface area (Å²) in [5, 5.41) is 0. The Kier molecular flexibility index (Phi) is 3.76. The maximum Gasteiger partial charge on any atom is 0.0642 e. The predicted octanol–water partition coefficient (Wildman–Crippen LogP) is 1.41. The monoisotopic (exact) mass is 153 g/mol. The van der Waals surface area contributed by atoms with Crippen molar-refractivity contribution in [3.05, 3.63) is 24.9 Å². The summed E-state index contributed by atoms with van der Waals surface area (Å²) >= 11 is 0. The number of nitrogens with zero attached hydrogens (tertiary/aromatic N) is 1. The van der Waals surface area contributed by atoms with Crippen molar-refractivity contribution in [1.29, 1.82) is 0 Å². The summed E-state index contributed by atoms with van der Waals surface area (Å²) in [5.74, 6) is 0. The normalized spacial score (nSPS) is 19.1. The highest BCUT2D eigenvalue weighted by Crippen LogP contribution is 1.97. The predicted molar refractivity (Wildman–Crippen MR) is 46.3 cm³/mol. The Morgan fingerprint density at radius 1 is 1.36 bits per heavy atom. The molecule has 2 heteroatoms. The van der Waals surface area contributed by atoms with Crippen LogP contribution in [0.5, 0.6) is 0 Å². The molecule has 0 atom stereocenters. The molecule has 0 amide bonds. The van der Waals surface area contributed by atoms with E-state index in [-0.39, 0.29) is 0 Å². The average Bonchev–Trinajstić information content (AvgIpc) is 2.07. The molecule has 2 nitrogen and oxygen atoms in total. The molecule has 1 aliphatic rings. The molecule has 1 fully saturated rings. The summed E-state index contributed by atoms with van der Waals surface area (Å²) in [6.45, 7) is 7.41. The maximum absolute atomic E-state index is 5.21. The molecule has 1 rings (SSSR count). The molecule has 0 radical (unpaired) electrons. The van der Waals surface area contributed by atoms with Gasteiger partial charge in [0.05, 0.1) is 13.2 Å². The first-order chi connectivity index (χ1) is 5.43.